The summed E-state index contributed by atoms with van der Waals surface area (Å²) in [4.78, 5) is 0. The zero-order valence-corrected chi connectivity index (χ0v) is 408. The van der Waals surface area contributed by atoms with E-state index in [0.29, 0.717) is 0 Å². The number of rotatable bonds is 0. The quantitative estimate of drug-likeness (QED) is 0.295. The van der Waals surface area contributed by atoms with E-state index in [2.05, 4.69) is 0 Å². The first-order valence-electron chi connectivity index (χ1n) is 0. The Labute approximate surface area is 2260 Å². The smallest absolute Gasteiger partial charge is 0 e. The predicted octanol–water partition coefficient (Wildman–Crippen LogP) is -0.215. The van der Waals surface area contributed by atoms with Crippen LogP contribution in [0, 0.1) is 0 Å². The molecule has 86 heavy (non-hydrogen) atoms. The Balaban J connectivity index is 0. The summed E-state index contributed by atoms with van der Waals surface area (Å²) in [6, 6.07) is 0. The van der Waals surface area contributed by atoms with Gasteiger partial charge in [0.15, 0.2) is 0 Å². The van der Waals surface area contributed by atoms with Crippen LogP contribution in [0.2, 0.25) is 0 Å². The Morgan fingerprint density at radius 2 is 0.0116 bits per heavy atom. The minimum Gasteiger partial charge on any atom is 0 e. The zero-order valence-electron chi connectivity index (χ0n) is 60.8. The third-order valence-corrected chi connectivity index (χ3v) is 0. The number of hydrogen-bond donors (Lipinski definition) is 0. The molecule has 0 spiro atoms. The first-order valence-corrected chi connectivity index (χ1v) is 0. The van der Waals surface area contributed by atoms with Crippen LogP contribution in [0.4, 0.5) is 0 Å². The average molecular weight is 9670 g/mol. The van der Waals surface area contributed by atoms with E-state index in [1.807, 2.05) is 0 Å². The first kappa shape index (κ1) is 710. The molecule has 0 rings (SSSR count). The maximum Gasteiger partial charge on any atom is 0 e. The van der Waals surface area contributed by atoms with Gasteiger partial charge in [-0.05, 0) is 0 Å². The van der Waals surface area contributed by atoms with Crippen molar-refractivity contribution in [2.75, 3.05) is 0 Å². The monoisotopic (exact) mass is 9800 g/mol. The molecule has 0 aliphatic heterocycles. The van der Waals surface area contributed by atoms with Crippen LogP contribution in [0.3, 0.4) is 0 Å². The van der Waals surface area contributed by atoms with Crippen molar-refractivity contribution in [2.45, 2.75) is 0 Å². The molecule has 0 radical (unpaired) electrons. The largest absolute Gasteiger partial charge is 0 e. The van der Waals surface area contributed by atoms with Gasteiger partial charge in [-0.25, -0.2) is 0 Å². The van der Waals surface area contributed by atoms with Crippen LogP contribution in [-0.2, 0) is 2350 Å². The van der Waals surface area contributed by atoms with Crippen molar-refractivity contribution in [1.29, 1.82) is 0 Å². The standard InChI is InChI=1S/86Cd. The summed E-state index contributed by atoms with van der Waals surface area (Å²) in [5.74, 6) is 0. The third-order valence-electron chi connectivity index (χ3n) is 0. The first-order chi connectivity index (χ1) is 0. The molecular weight excluding hydrogens is 9670 g/mol. The van der Waals surface area contributed by atoms with Gasteiger partial charge in [0.25, 0.3) is 0 Å². The summed E-state index contributed by atoms with van der Waals surface area (Å²) >= 11 is 0. The molecule has 0 aromatic rings. The van der Waals surface area contributed by atoms with Gasteiger partial charge in [-0.2, -0.15) is 0 Å². The number of hydrogen-bond acceptors (Lipinski definition) is 0. The van der Waals surface area contributed by atoms with E-state index < -0.39 is 0 Å². The van der Waals surface area contributed by atoms with Gasteiger partial charge in [-0.1, -0.05) is 0 Å². The average Bonchev–Trinajstić information content (AvgIpc) is 0. The van der Waals surface area contributed by atoms with Gasteiger partial charge in [0.2, 0.25) is 0 Å². The topological polar surface area (TPSA) is 0 Å². The Hall–Kier alpha value is 79.3. The van der Waals surface area contributed by atoms with Crippen LogP contribution in [0.25, 0.3) is 0 Å². The Morgan fingerprint density at radius 1 is 0.0116 bits per heavy atom. The molecular formula is Cd86. The van der Waals surface area contributed by atoms with Crippen LogP contribution in [0.5, 0.6) is 0 Å². The second kappa shape index (κ2) is 697. The summed E-state index contributed by atoms with van der Waals surface area (Å²) in [6.07, 6.45) is 0. The molecule has 0 aliphatic carbocycles. The molecule has 0 saturated heterocycles. The SMILES string of the molecule is [Cd].[Cd].[Cd].[Cd].[Cd].[Cd].[Cd].[Cd].[Cd].[Cd].[Cd].[Cd].[Cd].[Cd].[Cd].[Cd].[Cd].[Cd].[Cd].[Cd].[Cd].[Cd].[Cd].[Cd].[Cd].[Cd].[Cd].[Cd].[Cd].[Cd].[Cd].[Cd].[Cd].[Cd].[Cd].[Cd].[Cd].[Cd].[Cd].[Cd].[Cd].[Cd].[Cd].[Cd].[Cd].[Cd].[Cd].[Cd].[Cd].[Cd].[Cd].[Cd].[Cd].[Cd].[Cd].[Cd].[Cd].[Cd].[Cd].[Cd].[Cd].[Cd].[Cd].[Cd].[Cd].[Cd].[Cd].[Cd].[Cd].[Cd].[Cd].[Cd].[Cd].[Cd].[Cd].[Cd].[Cd].[Cd].[Cd].[Cd].[Cd].[Cd].[Cd].[Cd].[Cd].[Cd]. The van der Waals surface area contributed by atoms with Crippen LogP contribution in [-0.4, -0.2) is 0 Å². The normalized spacial score (nSPS) is 0. The molecule has 0 bridgehead atoms. The van der Waals surface area contributed by atoms with E-state index in [0.717, 1.165) is 0 Å². The minimum absolute atomic E-state index is 0. The van der Waals surface area contributed by atoms with Crippen molar-refractivity contribution in [2.24, 2.45) is 0 Å². The van der Waals surface area contributed by atoms with Crippen molar-refractivity contribution in [3.05, 3.63) is 0 Å². The van der Waals surface area contributed by atoms with E-state index in [-0.39, 0.29) is 2350 Å². The van der Waals surface area contributed by atoms with Crippen LogP contribution in [0.15, 0.2) is 0 Å². The maximum absolute atomic E-state index is 0. The molecule has 0 unspecified atom stereocenters. The molecule has 0 aliphatic rings. The summed E-state index contributed by atoms with van der Waals surface area (Å²) in [6.45, 7) is 0. The van der Waals surface area contributed by atoms with Gasteiger partial charge in [0, 0.05) is 2350 Å². The fourth-order valence-corrected chi connectivity index (χ4v) is 0. The second-order valence-corrected chi connectivity index (χ2v) is 0. The molecule has 0 nitrogen and oxygen atoms in total. The van der Waals surface area contributed by atoms with Gasteiger partial charge < -0.3 is 0 Å². The molecule has 0 atom stereocenters. The molecule has 0 saturated carbocycles. The van der Waals surface area contributed by atoms with Crippen molar-refractivity contribution >= 4 is 0 Å². The molecule has 0 heterocycles. The molecule has 0 fully saturated rings. The summed E-state index contributed by atoms with van der Waals surface area (Å²) in [7, 11) is 0. The predicted molar refractivity (Wildman–Crippen MR) is 0 cm³/mol. The van der Waals surface area contributed by atoms with Crippen molar-refractivity contribution in [3.8, 4) is 0 Å². The fourth-order valence-electron chi connectivity index (χ4n) is 0. The Bertz CT molecular complexity index is 0. The molecule has 0 N–H and O–H groups in total. The van der Waals surface area contributed by atoms with Crippen molar-refractivity contribution < 1.29 is 2350 Å². The molecule has 0 aromatic carbocycles. The van der Waals surface area contributed by atoms with E-state index in [1.165, 1.54) is 0 Å². The fraction of sp³-hybridized carbons (Fsp3) is 0. The van der Waals surface area contributed by atoms with E-state index in [1.54, 1.807) is 0 Å². The van der Waals surface area contributed by atoms with Crippen molar-refractivity contribution in [1.82, 2.24) is 0 Å². The summed E-state index contributed by atoms with van der Waals surface area (Å²) in [5, 5.41) is 0. The van der Waals surface area contributed by atoms with Gasteiger partial charge in [-0.3, -0.25) is 0 Å². The van der Waals surface area contributed by atoms with Gasteiger partial charge in [0.05, 0.1) is 0 Å². The van der Waals surface area contributed by atoms with Crippen molar-refractivity contribution in [3.63, 3.8) is 0 Å². The van der Waals surface area contributed by atoms with Gasteiger partial charge in [0.1, 0.15) is 0 Å². The molecule has 86 heteroatoms. The van der Waals surface area contributed by atoms with Crippen LogP contribution < -0.4 is 0 Å². The van der Waals surface area contributed by atoms with E-state index in [4.69, 9.17) is 0 Å². The Morgan fingerprint density at radius 3 is 0.0116 bits per heavy atom. The van der Waals surface area contributed by atoms with E-state index in [9.17, 15) is 0 Å². The maximum atomic E-state index is 0. The van der Waals surface area contributed by atoms with Crippen LogP contribution >= 0.6 is 0 Å². The van der Waals surface area contributed by atoms with Crippen LogP contribution in [0.1, 0.15) is 0 Å². The van der Waals surface area contributed by atoms with E-state index >= 15 is 0 Å². The molecule has 0 aromatic heterocycles. The van der Waals surface area contributed by atoms with Gasteiger partial charge in [-0.15, -0.1) is 0 Å². The Kier molecular flexibility index (Phi) is 5750. The molecule has 172 valence electrons. The zero-order chi connectivity index (χ0) is 0. The van der Waals surface area contributed by atoms with Gasteiger partial charge >= 0.3 is 0 Å². The summed E-state index contributed by atoms with van der Waals surface area (Å²) in [5.41, 5.74) is 0. The second-order valence-electron chi connectivity index (χ2n) is 0. The summed E-state index contributed by atoms with van der Waals surface area (Å²) < 4.78 is 0. The minimum atomic E-state index is 0. The third kappa shape index (κ3) is 684. The molecule has 0 amide bonds.